The van der Waals surface area contributed by atoms with Crippen LogP contribution in [0.1, 0.15) is 15.9 Å². The largest absolute Gasteiger partial charge is 0.422 e. The van der Waals surface area contributed by atoms with Crippen molar-refractivity contribution in [1.29, 1.82) is 0 Å². The fourth-order valence-electron chi connectivity index (χ4n) is 3.02. The number of carbonyl (C=O) groups excluding carboxylic acids is 1. The Balaban J connectivity index is 1.79. The zero-order valence-electron chi connectivity index (χ0n) is 13.6. The maximum atomic E-state index is 12.5. The molecule has 0 saturated heterocycles. The van der Waals surface area contributed by atoms with Crippen LogP contribution in [-0.4, -0.2) is 5.97 Å². The van der Waals surface area contributed by atoms with Crippen LogP contribution in [-0.2, 0) is 0 Å². The molecule has 0 N–H and O–H groups in total. The number of carbonyl (C=O) groups is 1. The minimum absolute atomic E-state index is 0.365. The van der Waals surface area contributed by atoms with Gasteiger partial charge in [0, 0.05) is 5.39 Å². The molecule has 0 aliphatic heterocycles. The second-order valence-electron chi connectivity index (χ2n) is 5.86. The Kier molecular flexibility index (Phi) is 3.79. The zero-order chi connectivity index (χ0) is 17.2. The maximum absolute atomic E-state index is 12.5. The highest BCUT2D eigenvalue weighted by atomic mass is 16.5. The molecule has 0 radical (unpaired) electrons. The molecule has 0 atom stereocenters. The molecule has 120 valence electrons. The molecule has 0 aliphatic rings. The normalized spacial score (nSPS) is 10.7. The van der Waals surface area contributed by atoms with Gasteiger partial charge in [-0.3, -0.25) is 0 Å². The molecule has 0 aromatic heterocycles. The molecule has 0 saturated carbocycles. The van der Waals surface area contributed by atoms with Crippen molar-refractivity contribution in [2.24, 2.45) is 0 Å². The Morgan fingerprint density at radius 2 is 1.44 bits per heavy atom. The van der Waals surface area contributed by atoms with Gasteiger partial charge in [0.1, 0.15) is 5.75 Å². The molecule has 0 bridgehead atoms. The van der Waals surface area contributed by atoms with E-state index in [1.165, 1.54) is 0 Å². The van der Waals surface area contributed by atoms with E-state index in [0.29, 0.717) is 11.3 Å². The van der Waals surface area contributed by atoms with Crippen molar-refractivity contribution < 1.29 is 9.53 Å². The number of ether oxygens (including phenoxy) is 1. The minimum atomic E-state index is -0.365. The first kappa shape index (κ1) is 15.2. The Morgan fingerprint density at radius 3 is 2.16 bits per heavy atom. The minimum Gasteiger partial charge on any atom is -0.422 e. The third-order valence-corrected chi connectivity index (χ3v) is 4.31. The molecule has 25 heavy (non-hydrogen) atoms. The molecule has 4 aromatic rings. The molecule has 2 nitrogen and oxygen atoms in total. The lowest BCUT2D eigenvalue weighted by molar-refractivity contribution is 0.0737. The van der Waals surface area contributed by atoms with E-state index in [0.717, 1.165) is 27.1 Å². The lowest BCUT2D eigenvalue weighted by atomic mass is 10.0. The number of benzene rings is 4. The van der Waals surface area contributed by atoms with Crippen LogP contribution in [0.3, 0.4) is 0 Å². The first-order valence-corrected chi connectivity index (χ1v) is 8.11. The van der Waals surface area contributed by atoms with E-state index in [1.807, 2.05) is 60.7 Å². The summed E-state index contributed by atoms with van der Waals surface area (Å²) in [6.07, 6.45) is 1.74. The van der Waals surface area contributed by atoms with E-state index in [9.17, 15) is 4.79 Å². The zero-order valence-corrected chi connectivity index (χ0v) is 13.6. The number of esters is 1. The van der Waals surface area contributed by atoms with Crippen molar-refractivity contribution in [3.05, 3.63) is 96.6 Å². The summed E-state index contributed by atoms with van der Waals surface area (Å²) >= 11 is 0. The Labute approximate surface area is 146 Å². The van der Waals surface area contributed by atoms with Crippen LogP contribution in [0.15, 0.2) is 85.4 Å². The van der Waals surface area contributed by atoms with Crippen molar-refractivity contribution in [3.8, 4) is 5.75 Å². The summed E-state index contributed by atoms with van der Waals surface area (Å²) in [5, 5.41) is 4.20. The molecule has 2 heteroatoms. The van der Waals surface area contributed by atoms with E-state index < -0.39 is 0 Å². The average molecular weight is 324 g/mol. The van der Waals surface area contributed by atoms with Gasteiger partial charge in [-0.25, -0.2) is 4.79 Å². The highest BCUT2D eigenvalue weighted by Gasteiger charge is 2.12. The van der Waals surface area contributed by atoms with E-state index in [-0.39, 0.29) is 5.97 Å². The van der Waals surface area contributed by atoms with Crippen molar-refractivity contribution >= 4 is 33.6 Å². The number of hydrogen-bond acceptors (Lipinski definition) is 2. The summed E-state index contributed by atoms with van der Waals surface area (Å²) in [6, 6.07) is 25.2. The summed E-state index contributed by atoms with van der Waals surface area (Å²) in [5.74, 6) is 0.211. The van der Waals surface area contributed by atoms with Gasteiger partial charge in [-0.05, 0) is 39.9 Å². The van der Waals surface area contributed by atoms with Gasteiger partial charge in [-0.1, -0.05) is 73.3 Å². The Bertz CT molecular complexity index is 1090. The molecular weight excluding hydrogens is 308 g/mol. The highest BCUT2D eigenvalue weighted by molar-refractivity contribution is 6.11. The third-order valence-electron chi connectivity index (χ3n) is 4.31. The second-order valence-corrected chi connectivity index (χ2v) is 5.86. The van der Waals surface area contributed by atoms with E-state index in [4.69, 9.17) is 4.74 Å². The van der Waals surface area contributed by atoms with Crippen LogP contribution in [0.25, 0.3) is 27.6 Å². The third kappa shape index (κ3) is 2.79. The standard InChI is InChI=1S/C23H16O2/c1-2-16-11-13-17(14-12-16)23(24)25-22-15-18-7-3-4-8-19(18)20-9-5-6-10-21(20)22/h2-15H,1H2. The smallest absolute Gasteiger partial charge is 0.343 e. The SMILES string of the molecule is C=Cc1ccc(C(=O)Oc2cc3ccccc3c3ccccc23)cc1. The molecule has 0 spiro atoms. The number of fused-ring (bicyclic) bond motifs is 3. The summed E-state index contributed by atoms with van der Waals surface area (Å²) in [6.45, 7) is 3.72. The molecular formula is C23H16O2. The summed E-state index contributed by atoms with van der Waals surface area (Å²) < 4.78 is 5.73. The predicted molar refractivity (Wildman–Crippen MR) is 103 cm³/mol. The van der Waals surface area contributed by atoms with Gasteiger partial charge in [-0.15, -0.1) is 0 Å². The van der Waals surface area contributed by atoms with Crippen molar-refractivity contribution in [1.82, 2.24) is 0 Å². The van der Waals surface area contributed by atoms with Crippen LogP contribution in [0.2, 0.25) is 0 Å². The molecule has 0 heterocycles. The number of hydrogen-bond donors (Lipinski definition) is 0. The fraction of sp³-hybridized carbons (Fsp3) is 0. The van der Waals surface area contributed by atoms with Crippen molar-refractivity contribution in [2.45, 2.75) is 0 Å². The quantitative estimate of drug-likeness (QED) is 0.268. The van der Waals surface area contributed by atoms with Gasteiger partial charge < -0.3 is 4.74 Å². The second kappa shape index (κ2) is 6.25. The van der Waals surface area contributed by atoms with Gasteiger partial charge >= 0.3 is 5.97 Å². The summed E-state index contributed by atoms with van der Waals surface area (Å²) in [5.41, 5.74) is 1.48. The van der Waals surface area contributed by atoms with E-state index in [1.54, 1.807) is 18.2 Å². The molecule has 0 fully saturated rings. The predicted octanol–water partition coefficient (Wildman–Crippen LogP) is 5.86. The van der Waals surface area contributed by atoms with Crippen LogP contribution in [0, 0.1) is 0 Å². The number of rotatable bonds is 3. The molecule has 4 aromatic carbocycles. The van der Waals surface area contributed by atoms with Crippen LogP contribution < -0.4 is 4.74 Å². The van der Waals surface area contributed by atoms with Gasteiger partial charge in [0.2, 0.25) is 0 Å². The molecule has 4 rings (SSSR count). The van der Waals surface area contributed by atoms with Crippen molar-refractivity contribution in [2.75, 3.05) is 0 Å². The average Bonchev–Trinajstić information content (AvgIpc) is 2.68. The van der Waals surface area contributed by atoms with Crippen LogP contribution >= 0.6 is 0 Å². The highest BCUT2D eigenvalue weighted by Crippen LogP contribution is 2.33. The van der Waals surface area contributed by atoms with E-state index >= 15 is 0 Å². The lowest BCUT2D eigenvalue weighted by Crippen LogP contribution is -2.08. The topological polar surface area (TPSA) is 26.3 Å². The van der Waals surface area contributed by atoms with Gasteiger partial charge in [0.05, 0.1) is 5.56 Å². The van der Waals surface area contributed by atoms with Gasteiger partial charge in [-0.2, -0.15) is 0 Å². The van der Waals surface area contributed by atoms with Crippen molar-refractivity contribution in [3.63, 3.8) is 0 Å². The first-order valence-electron chi connectivity index (χ1n) is 8.11. The van der Waals surface area contributed by atoms with E-state index in [2.05, 4.69) is 12.6 Å². The van der Waals surface area contributed by atoms with Gasteiger partial charge in [0.15, 0.2) is 0 Å². The monoisotopic (exact) mass is 324 g/mol. The molecule has 0 aliphatic carbocycles. The van der Waals surface area contributed by atoms with Crippen LogP contribution in [0.4, 0.5) is 0 Å². The van der Waals surface area contributed by atoms with Crippen LogP contribution in [0.5, 0.6) is 5.75 Å². The fourth-order valence-corrected chi connectivity index (χ4v) is 3.02. The Hall–Kier alpha value is -3.39. The maximum Gasteiger partial charge on any atom is 0.343 e. The summed E-state index contributed by atoms with van der Waals surface area (Å²) in [7, 11) is 0. The molecule has 0 amide bonds. The summed E-state index contributed by atoms with van der Waals surface area (Å²) in [4.78, 5) is 12.5. The Morgan fingerprint density at radius 1 is 0.800 bits per heavy atom. The first-order chi connectivity index (χ1) is 12.3. The lowest BCUT2D eigenvalue weighted by Gasteiger charge is -2.11. The van der Waals surface area contributed by atoms with Gasteiger partial charge in [0.25, 0.3) is 0 Å². The molecule has 0 unspecified atom stereocenters.